The Hall–Kier alpha value is -2.34. The van der Waals surface area contributed by atoms with Crippen LogP contribution in [0.5, 0.6) is 0 Å². The van der Waals surface area contributed by atoms with E-state index in [2.05, 4.69) is 33.0 Å². The first-order valence-corrected chi connectivity index (χ1v) is 9.52. The number of carbonyl (C=O) groups is 2. The Labute approximate surface area is 153 Å². The number of rotatable bonds is 6. The molecule has 4 rings (SSSR count). The van der Waals surface area contributed by atoms with Gasteiger partial charge in [0.25, 0.3) is 0 Å². The number of nitrogens with zero attached hydrogens (tertiary/aromatic N) is 3. The number of nitrogens with one attached hydrogen (secondary N) is 1. The summed E-state index contributed by atoms with van der Waals surface area (Å²) in [7, 11) is 0. The Kier molecular flexibility index (Phi) is 4.93. The van der Waals surface area contributed by atoms with E-state index in [-0.39, 0.29) is 11.8 Å². The lowest BCUT2D eigenvalue weighted by atomic mass is 10.2. The van der Waals surface area contributed by atoms with Gasteiger partial charge >= 0.3 is 0 Å². The monoisotopic (exact) mass is 354 g/mol. The molecule has 6 heteroatoms. The second-order valence-corrected chi connectivity index (χ2v) is 7.32. The van der Waals surface area contributed by atoms with Gasteiger partial charge in [-0.3, -0.25) is 14.5 Å². The average Bonchev–Trinajstić information content (AvgIpc) is 3.37. The molecule has 2 aromatic rings. The van der Waals surface area contributed by atoms with E-state index in [1.807, 2.05) is 23.2 Å². The summed E-state index contributed by atoms with van der Waals surface area (Å²) in [6.45, 7) is 4.13. The molecule has 1 aliphatic carbocycles. The number of hydrogen-bond donors (Lipinski definition) is 1. The van der Waals surface area contributed by atoms with Crippen LogP contribution in [-0.4, -0.2) is 64.9 Å². The lowest BCUT2D eigenvalue weighted by Crippen LogP contribution is -2.51. The summed E-state index contributed by atoms with van der Waals surface area (Å²) in [5.41, 5.74) is 1.17. The number of piperazine rings is 1. The van der Waals surface area contributed by atoms with Crippen LogP contribution < -0.4 is 5.32 Å². The maximum atomic E-state index is 12.5. The van der Waals surface area contributed by atoms with Gasteiger partial charge < -0.3 is 14.8 Å². The highest BCUT2D eigenvalue weighted by molar-refractivity contribution is 5.81. The molecule has 1 saturated carbocycles. The van der Waals surface area contributed by atoms with E-state index < -0.39 is 0 Å². The van der Waals surface area contributed by atoms with Crippen molar-refractivity contribution in [2.45, 2.75) is 31.8 Å². The Morgan fingerprint density at radius 2 is 1.81 bits per heavy atom. The van der Waals surface area contributed by atoms with Crippen LogP contribution in [0.2, 0.25) is 0 Å². The minimum atomic E-state index is 0.117. The number of amides is 2. The van der Waals surface area contributed by atoms with Gasteiger partial charge in [-0.25, -0.2) is 0 Å². The zero-order valence-corrected chi connectivity index (χ0v) is 15.1. The number of benzene rings is 1. The molecule has 1 aromatic carbocycles. The third kappa shape index (κ3) is 4.07. The topological polar surface area (TPSA) is 57.6 Å². The van der Waals surface area contributed by atoms with Gasteiger partial charge in [0.15, 0.2) is 0 Å². The maximum absolute atomic E-state index is 12.5. The second kappa shape index (κ2) is 7.50. The van der Waals surface area contributed by atoms with Crippen LogP contribution in [0.25, 0.3) is 10.9 Å². The van der Waals surface area contributed by atoms with E-state index in [4.69, 9.17) is 0 Å². The SMILES string of the molecule is O=C(CN1CCN(C(=O)CCn2ccc3ccccc32)CC1)NC1CC1. The molecule has 6 nitrogen and oxygen atoms in total. The summed E-state index contributed by atoms with van der Waals surface area (Å²) < 4.78 is 2.14. The van der Waals surface area contributed by atoms with E-state index in [0.29, 0.717) is 38.6 Å². The van der Waals surface area contributed by atoms with Crippen molar-refractivity contribution < 1.29 is 9.59 Å². The van der Waals surface area contributed by atoms with Crippen LogP contribution in [0.15, 0.2) is 36.5 Å². The molecular weight excluding hydrogens is 328 g/mol. The minimum absolute atomic E-state index is 0.117. The van der Waals surface area contributed by atoms with Gasteiger partial charge in [0.1, 0.15) is 0 Å². The molecule has 2 fully saturated rings. The fraction of sp³-hybridized carbons (Fsp3) is 0.500. The van der Waals surface area contributed by atoms with Crippen molar-refractivity contribution in [3.05, 3.63) is 36.5 Å². The molecular formula is C20H26N4O2. The third-order valence-corrected chi connectivity index (χ3v) is 5.28. The number of fused-ring (bicyclic) bond motifs is 1. The van der Waals surface area contributed by atoms with Crippen molar-refractivity contribution in [2.75, 3.05) is 32.7 Å². The Bertz CT molecular complexity index is 788. The largest absolute Gasteiger partial charge is 0.352 e. The first-order valence-electron chi connectivity index (χ1n) is 9.52. The maximum Gasteiger partial charge on any atom is 0.234 e. The van der Waals surface area contributed by atoms with Crippen molar-refractivity contribution in [2.24, 2.45) is 0 Å². The van der Waals surface area contributed by atoms with E-state index >= 15 is 0 Å². The van der Waals surface area contributed by atoms with Crippen LogP contribution in [0.3, 0.4) is 0 Å². The Morgan fingerprint density at radius 3 is 2.58 bits per heavy atom. The lowest BCUT2D eigenvalue weighted by Gasteiger charge is -2.34. The zero-order chi connectivity index (χ0) is 17.9. The predicted octanol–water partition coefficient (Wildman–Crippen LogP) is 1.45. The zero-order valence-electron chi connectivity index (χ0n) is 15.1. The standard InChI is InChI=1S/C20H26N4O2/c25-19(21-17-5-6-17)15-22-11-13-24(14-12-22)20(26)8-10-23-9-7-16-3-1-2-4-18(16)23/h1-4,7,9,17H,5-6,8,10-15H2,(H,21,25). The number of para-hydroxylation sites is 1. The summed E-state index contributed by atoms with van der Waals surface area (Å²) in [5, 5.41) is 4.23. The molecule has 2 amide bonds. The van der Waals surface area contributed by atoms with Crippen LogP contribution in [-0.2, 0) is 16.1 Å². The number of aromatic nitrogens is 1. The molecule has 0 atom stereocenters. The molecule has 2 aliphatic rings. The van der Waals surface area contributed by atoms with Gasteiger partial charge in [-0.1, -0.05) is 18.2 Å². The van der Waals surface area contributed by atoms with Crippen molar-refractivity contribution in [1.82, 2.24) is 19.7 Å². The highest BCUT2D eigenvalue weighted by Gasteiger charge is 2.26. The molecule has 1 saturated heterocycles. The number of carbonyl (C=O) groups excluding carboxylic acids is 2. The van der Waals surface area contributed by atoms with Crippen LogP contribution >= 0.6 is 0 Å². The summed E-state index contributed by atoms with van der Waals surface area (Å²) >= 11 is 0. The molecule has 2 heterocycles. The van der Waals surface area contributed by atoms with Crippen molar-refractivity contribution in [1.29, 1.82) is 0 Å². The van der Waals surface area contributed by atoms with Crippen LogP contribution in [0.4, 0.5) is 0 Å². The normalized spacial score (nSPS) is 18.2. The van der Waals surface area contributed by atoms with Gasteiger partial charge in [-0.2, -0.15) is 0 Å². The van der Waals surface area contributed by atoms with Crippen LogP contribution in [0.1, 0.15) is 19.3 Å². The van der Waals surface area contributed by atoms with Gasteiger partial charge in [-0.15, -0.1) is 0 Å². The smallest absolute Gasteiger partial charge is 0.234 e. The van der Waals surface area contributed by atoms with Gasteiger partial charge in [-0.05, 0) is 30.4 Å². The fourth-order valence-corrected chi connectivity index (χ4v) is 3.57. The first-order chi connectivity index (χ1) is 12.7. The molecule has 0 radical (unpaired) electrons. The minimum Gasteiger partial charge on any atom is -0.352 e. The molecule has 0 spiro atoms. The quantitative estimate of drug-likeness (QED) is 0.854. The average molecular weight is 354 g/mol. The van der Waals surface area contributed by atoms with E-state index in [1.165, 1.54) is 10.9 Å². The number of hydrogen-bond acceptors (Lipinski definition) is 3. The summed E-state index contributed by atoms with van der Waals surface area (Å²) in [5.74, 6) is 0.316. The Balaban J connectivity index is 1.22. The van der Waals surface area contributed by atoms with Crippen LogP contribution in [0, 0.1) is 0 Å². The summed E-state index contributed by atoms with van der Waals surface area (Å²) in [6.07, 6.45) is 4.80. The fourth-order valence-electron chi connectivity index (χ4n) is 3.57. The highest BCUT2D eigenvalue weighted by Crippen LogP contribution is 2.18. The molecule has 26 heavy (non-hydrogen) atoms. The second-order valence-electron chi connectivity index (χ2n) is 7.32. The number of aryl methyl sites for hydroxylation is 1. The van der Waals surface area contributed by atoms with Gasteiger partial charge in [0.05, 0.1) is 6.54 Å². The molecule has 1 aliphatic heterocycles. The predicted molar refractivity (Wildman–Crippen MR) is 101 cm³/mol. The molecule has 1 N–H and O–H groups in total. The van der Waals surface area contributed by atoms with E-state index in [0.717, 1.165) is 25.9 Å². The molecule has 1 aromatic heterocycles. The van der Waals surface area contributed by atoms with Gasteiger partial charge in [0.2, 0.25) is 11.8 Å². The molecule has 138 valence electrons. The highest BCUT2D eigenvalue weighted by atomic mass is 16.2. The third-order valence-electron chi connectivity index (χ3n) is 5.28. The van der Waals surface area contributed by atoms with E-state index in [1.54, 1.807) is 0 Å². The molecule has 0 unspecified atom stereocenters. The Morgan fingerprint density at radius 1 is 1.04 bits per heavy atom. The summed E-state index contributed by atoms with van der Waals surface area (Å²) in [4.78, 5) is 28.5. The lowest BCUT2D eigenvalue weighted by molar-refractivity contribution is -0.133. The molecule has 0 bridgehead atoms. The van der Waals surface area contributed by atoms with E-state index in [9.17, 15) is 9.59 Å². The van der Waals surface area contributed by atoms with Gasteiger partial charge in [0, 0.05) is 56.9 Å². The first kappa shape index (κ1) is 17.1. The van der Waals surface area contributed by atoms with Crippen molar-refractivity contribution in [3.8, 4) is 0 Å². The summed E-state index contributed by atoms with van der Waals surface area (Å²) in [6, 6.07) is 10.7. The van der Waals surface area contributed by atoms with Crippen molar-refractivity contribution in [3.63, 3.8) is 0 Å². The van der Waals surface area contributed by atoms with Crippen molar-refractivity contribution >= 4 is 22.7 Å².